The van der Waals surface area contributed by atoms with Gasteiger partial charge in [-0.25, -0.2) is 0 Å². The summed E-state index contributed by atoms with van der Waals surface area (Å²) in [5.41, 5.74) is 5.28. The molecule has 0 spiro atoms. The van der Waals surface area contributed by atoms with Gasteiger partial charge >= 0.3 is 0 Å². The molecule has 0 saturated heterocycles. The molecule has 5 heteroatoms. The Balaban J connectivity index is 2.18. The molecule has 0 aromatic rings. The van der Waals surface area contributed by atoms with E-state index in [1.54, 1.807) is 0 Å². The fourth-order valence-electron chi connectivity index (χ4n) is 3.25. The van der Waals surface area contributed by atoms with Crippen molar-refractivity contribution >= 4 is 23.1 Å². The van der Waals surface area contributed by atoms with E-state index in [9.17, 15) is 9.90 Å². The Kier molecular flexibility index (Phi) is 4.79. The van der Waals surface area contributed by atoms with Crippen molar-refractivity contribution in [2.45, 2.75) is 57.4 Å². The maximum atomic E-state index is 12.9. The summed E-state index contributed by atoms with van der Waals surface area (Å²) in [4.78, 5) is 15.1. The van der Waals surface area contributed by atoms with Gasteiger partial charge in [-0.05, 0) is 32.1 Å². The van der Waals surface area contributed by atoms with Crippen LogP contribution in [0.3, 0.4) is 0 Å². The van der Waals surface area contributed by atoms with Crippen LogP contribution in [0.2, 0.25) is 0 Å². The van der Waals surface area contributed by atoms with Crippen molar-refractivity contribution in [3.05, 3.63) is 0 Å². The number of carbonyl (C=O) groups is 1. The molecule has 2 aliphatic rings. The molecule has 3 N–H and O–H groups in total. The zero-order chi connectivity index (χ0) is 13.9. The van der Waals surface area contributed by atoms with Crippen LogP contribution < -0.4 is 5.73 Å². The summed E-state index contributed by atoms with van der Waals surface area (Å²) < 4.78 is 0. The van der Waals surface area contributed by atoms with Crippen LogP contribution in [0.25, 0.3) is 0 Å². The Morgan fingerprint density at radius 2 is 1.89 bits per heavy atom. The van der Waals surface area contributed by atoms with Crippen molar-refractivity contribution in [3.8, 4) is 0 Å². The predicted octanol–water partition coefficient (Wildman–Crippen LogP) is 1.60. The van der Waals surface area contributed by atoms with Gasteiger partial charge < -0.3 is 15.7 Å². The lowest BCUT2D eigenvalue weighted by molar-refractivity contribution is -0.144. The third kappa shape index (κ3) is 2.77. The smallest absolute Gasteiger partial charge is 0.235 e. The van der Waals surface area contributed by atoms with E-state index in [-0.39, 0.29) is 18.6 Å². The maximum absolute atomic E-state index is 12.9. The zero-order valence-corrected chi connectivity index (χ0v) is 12.3. The quantitative estimate of drug-likeness (QED) is 0.753. The average Bonchev–Trinajstić information content (AvgIpc) is 2.36. The summed E-state index contributed by atoms with van der Waals surface area (Å²) in [5, 5.41) is 9.22. The van der Waals surface area contributed by atoms with Crippen LogP contribution in [0.15, 0.2) is 0 Å². The molecule has 0 heterocycles. The van der Waals surface area contributed by atoms with E-state index in [0.29, 0.717) is 11.5 Å². The van der Waals surface area contributed by atoms with Crippen LogP contribution >= 0.6 is 12.2 Å². The number of aliphatic hydroxyl groups excluding tert-OH is 1. The van der Waals surface area contributed by atoms with Gasteiger partial charge in [0.05, 0.1) is 17.0 Å². The molecule has 1 amide bonds. The molecule has 0 radical (unpaired) electrons. The van der Waals surface area contributed by atoms with Crippen molar-refractivity contribution in [2.24, 2.45) is 11.1 Å². The number of nitrogens with two attached hydrogens (primary N) is 1. The third-order valence-electron chi connectivity index (χ3n) is 4.71. The Labute approximate surface area is 120 Å². The minimum Gasteiger partial charge on any atom is -0.395 e. The molecule has 2 saturated carbocycles. The molecule has 0 aromatic heterocycles. The molecular weight excluding hydrogens is 260 g/mol. The summed E-state index contributed by atoms with van der Waals surface area (Å²) in [5.74, 6) is 0.0680. The van der Waals surface area contributed by atoms with Crippen LogP contribution in [0.4, 0.5) is 0 Å². The Bertz CT molecular complexity index is 349. The topological polar surface area (TPSA) is 66.6 Å². The fourth-order valence-corrected chi connectivity index (χ4v) is 3.54. The van der Waals surface area contributed by atoms with E-state index >= 15 is 0 Å². The third-order valence-corrected chi connectivity index (χ3v) is 5.10. The number of rotatable bonds is 5. The second-order valence-electron chi connectivity index (χ2n) is 5.81. The van der Waals surface area contributed by atoms with Gasteiger partial charge in [-0.15, -0.1) is 0 Å². The maximum Gasteiger partial charge on any atom is 0.235 e. The molecule has 2 rings (SSSR count). The van der Waals surface area contributed by atoms with Crippen molar-refractivity contribution < 1.29 is 9.90 Å². The van der Waals surface area contributed by atoms with Gasteiger partial charge in [0.1, 0.15) is 0 Å². The van der Waals surface area contributed by atoms with Crippen LogP contribution in [-0.4, -0.2) is 40.1 Å². The van der Waals surface area contributed by atoms with E-state index in [4.69, 9.17) is 18.0 Å². The molecule has 19 heavy (non-hydrogen) atoms. The van der Waals surface area contributed by atoms with Gasteiger partial charge in [0.15, 0.2) is 0 Å². The number of nitrogens with zero attached hydrogens (tertiary/aromatic N) is 1. The molecule has 0 aromatic carbocycles. The molecular formula is C14H24N2O2S. The minimum atomic E-state index is -0.641. The van der Waals surface area contributed by atoms with Crippen molar-refractivity contribution in [2.75, 3.05) is 13.2 Å². The summed E-state index contributed by atoms with van der Waals surface area (Å²) in [7, 11) is 0. The largest absolute Gasteiger partial charge is 0.395 e. The number of aliphatic hydroxyl groups is 1. The standard InChI is InChI=1S/C14H24N2O2S/c15-12(19)14(7-2-1-3-8-14)13(18)16(9-10-17)11-5-4-6-11/h11,17H,1-10H2,(H2,15,19). The number of amides is 1. The Morgan fingerprint density at radius 1 is 1.26 bits per heavy atom. The SMILES string of the molecule is NC(=S)C1(C(=O)N(CCO)C2CCC2)CCCCC1. The second kappa shape index (κ2) is 6.18. The number of hydrogen-bond donors (Lipinski definition) is 2. The minimum absolute atomic E-state index is 0.00958. The van der Waals surface area contributed by atoms with E-state index < -0.39 is 5.41 Å². The van der Waals surface area contributed by atoms with Crippen molar-refractivity contribution in [3.63, 3.8) is 0 Å². The number of thiocarbonyl (C=S) groups is 1. The number of carbonyl (C=O) groups excluding carboxylic acids is 1. The molecule has 0 atom stereocenters. The van der Waals surface area contributed by atoms with E-state index in [1.165, 1.54) is 6.42 Å². The van der Waals surface area contributed by atoms with Crippen LogP contribution in [0.5, 0.6) is 0 Å². The van der Waals surface area contributed by atoms with Gasteiger partial charge in [0.25, 0.3) is 0 Å². The van der Waals surface area contributed by atoms with Gasteiger partial charge in [-0.1, -0.05) is 31.5 Å². The van der Waals surface area contributed by atoms with Crippen LogP contribution in [0, 0.1) is 5.41 Å². The van der Waals surface area contributed by atoms with Gasteiger partial charge in [0.2, 0.25) is 5.91 Å². The van der Waals surface area contributed by atoms with Gasteiger partial charge in [0, 0.05) is 12.6 Å². The molecule has 0 unspecified atom stereocenters. The normalized spacial score (nSPS) is 22.6. The monoisotopic (exact) mass is 284 g/mol. The molecule has 4 nitrogen and oxygen atoms in total. The summed E-state index contributed by atoms with van der Waals surface area (Å²) in [6.07, 6.45) is 7.98. The Hall–Kier alpha value is -0.680. The van der Waals surface area contributed by atoms with E-state index in [0.717, 1.165) is 44.9 Å². The van der Waals surface area contributed by atoms with Crippen LogP contribution in [-0.2, 0) is 4.79 Å². The lowest BCUT2D eigenvalue weighted by Crippen LogP contribution is -2.56. The lowest BCUT2D eigenvalue weighted by atomic mass is 9.72. The first-order valence-electron chi connectivity index (χ1n) is 7.33. The number of hydrogen-bond acceptors (Lipinski definition) is 3. The predicted molar refractivity (Wildman–Crippen MR) is 78.7 cm³/mol. The molecule has 0 bridgehead atoms. The van der Waals surface area contributed by atoms with Gasteiger partial charge in [-0.2, -0.15) is 0 Å². The second-order valence-corrected chi connectivity index (χ2v) is 6.25. The molecule has 2 aliphatic carbocycles. The van der Waals surface area contributed by atoms with E-state index in [2.05, 4.69) is 0 Å². The summed E-state index contributed by atoms with van der Waals surface area (Å²) >= 11 is 5.22. The highest BCUT2D eigenvalue weighted by Gasteiger charge is 2.46. The highest BCUT2D eigenvalue weighted by molar-refractivity contribution is 7.80. The first kappa shape index (κ1) is 14.7. The molecule has 2 fully saturated rings. The summed E-state index contributed by atoms with van der Waals surface area (Å²) in [6, 6.07) is 0.285. The Morgan fingerprint density at radius 3 is 2.32 bits per heavy atom. The van der Waals surface area contributed by atoms with E-state index in [1.807, 2.05) is 4.90 Å². The van der Waals surface area contributed by atoms with Gasteiger partial charge in [-0.3, -0.25) is 4.79 Å². The fraction of sp³-hybridized carbons (Fsp3) is 0.857. The highest BCUT2D eigenvalue weighted by atomic mass is 32.1. The summed E-state index contributed by atoms with van der Waals surface area (Å²) in [6.45, 7) is 0.420. The highest BCUT2D eigenvalue weighted by Crippen LogP contribution is 2.40. The van der Waals surface area contributed by atoms with Crippen LogP contribution in [0.1, 0.15) is 51.4 Å². The first-order valence-corrected chi connectivity index (χ1v) is 7.74. The van der Waals surface area contributed by atoms with Crippen molar-refractivity contribution in [1.82, 2.24) is 4.90 Å². The zero-order valence-electron chi connectivity index (χ0n) is 11.4. The average molecular weight is 284 g/mol. The first-order chi connectivity index (χ1) is 9.12. The lowest BCUT2D eigenvalue weighted by Gasteiger charge is -2.44. The molecule has 0 aliphatic heterocycles. The molecule has 108 valence electrons. The van der Waals surface area contributed by atoms with Crippen molar-refractivity contribution in [1.29, 1.82) is 0 Å².